The summed E-state index contributed by atoms with van der Waals surface area (Å²) < 4.78 is 11.1. The van der Waals surface area contributed by atoms with Crippen LogP contribution in [0.25, 0.3) is 0 Å². The highest BCUT2D eigenvalue weighted by atomic mass is 16.5. The predicted octanol–water partition coefficient (Wildman–Crippen LogP) is 2.64. The summed E-state index contributed by atoms with van der Waals surface area (Å²) in [6, 6.07) is 0. The molecule has 1 atom stereocenters. The van der Waals surface area contributed by atoms with Crippen LogP contribution in [-0.2, 0) is 9.47 Å². The van der Waals surface area contributed by atoms with E-state index < -0.39 is 0 Å². The summed E-state index contributed by atoms with van der Waals surface area (Å²) in [5, 5.41) is 0. The van der Waals surface area contributed by atoms with E-state index in [-0.39, 0.29) is 6.10 Å². The van der Waals surface area contributed by atoms with Crippen LogP contribution < -0.4 is 0 Å². The van der Waals surface area contributed by atoms with Gasteiger partial charge in [0.2, 0.25) is 0 Å². The molecule has 0 aromatic carbocycles. The topological polar surface area (TPSA) is 21.7 Å². The van der Waals surface area contributed by atoms with Gasteiger partial charge in [-0.25, -0.2) is 0 Å². The van der Waals surface area contributed by atoms with Crippen molar-refractivity contribution in [1.82, 2.24) is 4.90 Å². The van der Waals surface area contributed by atoms with Gasteiger partial charge in [-0.2, -0.15) is 0 Å². The number of likely N-dealkylation sites (N-methyl/N-ethyl adjacent to an activating group) is 1. The molecule has 3 heteroatoms. The number of allylic oxidation sites excluding steroid dienone is 1. The summed E-state index contributed by atoms with van der Waals surface area (Å²) in [5.41, 5.74) is 1.31. The minimum absolute atomic E-state index is 0.239. The highest BCUT2D eigenvalue weighted by Crippen LogP contribution is 2.07. The molecular formula is C15H27NO2. The molecule has 0 bridgehead atoms. The summed E-state index contributed by atoms with van der Waals surface area (Å²) in [5.74, 6) is 0. The van der Waals surface area contributed by atoms with Gasteiger partial charge in [0.05, 0.1) is 19.3 Å². The van der Waals surface area contributed by atoms with Crippen LogP contribution in [0.3, 0.4) is 0 Å². The number of rotatable bonds is 1. The van der Waals surface area contributed by atoms with E-state index in [2.05, 4.69) is 37.1 Å². The Labute approximate surface area is 111 Å². The monoisotopic (exact) mass is 253 g/mol. The summed E-state index contributed by atoms with van der Waals surface area (Å²) in [6.45, 7) is 5.76. The summed E-state index contributed by atoms with van der Waals surface area (Å²) in [6.07, 6.45) is 10.1. The second kappa shape index (κ2) is 9.31. The van der Waals surface area contributed by atoms with E-state index in [4.69, 9.17) is 9.47 Å². The fraction of sp³-hybridized carbons (Fsp3) is 0.733. The van der Waals surface area contributed by atoms with Gasteiger partial charge in [0.1, 0.15) is 0 Å². The molecule has 0 radical (unpaired) electrons. The van der Waals surface area contributed by atoms with Gasteiger partial charge in [0.25, 0.3) is 0 Å². The fourth-order valence-corrected chi connectivity index (χ4v) is 1.95. The van der Waals surface area contributed by atoms with E-state index in [1.807, 2.05) is 0 Å². The Morgan fingerprint density at radius 2 is 2.17 bits per heavy atom. The standard InChI is InChI=1S/C15H27NO2/c1-14-7-6-9-15(17-3)8-4-5-10-16(2)11-12-18-13-14/h4,7-8,15H,5-6,9-13H2,1-3H3/b8-4+,14-7-. The third-order valence-corrected chi connectivity index (χ3v) is 3.22. The zero-order valence-electron chi connectivity index (χ0n) is 12.0. The molecule has 104 valence electrons. The molecular weight excluding hydrogens is 226 g/mol. The van der Waals surface area contributed by atoms with Crippen LogP contribution in [0.4, 0.5) is 0 Å². The number of hydrogen-bond acceptors (Lipinski definition) is 3. The maximum Gasteiger partial charge on any atom is 0.0755 e. The van der Waals surface area contributed by atoms with Crippen LogP contribution in [0.2, 0.25) is 0 Å². The van der Waals surface area contributed by atoms with Gasteiger partial charge in [-0.3, -0.25) is 0 Å². The fourth-order valence-electron chi connectivity index (χ4n) is 1.95. The second-order valence-electron chi connectivity index (χ2n) is 4.97. The molecule has 0 saturated carbocycles. The molecule has 0 amide bonds. The molecule has 0 fully saturated rings. The number of nitrogens with zero attached hydrogens (tertiary/aromatic N) is 1. The van der Waals surface area contributed by atoms with E-state index >= 15 is 0 Å². The van der Waals surface area contributed by atoms with Crippen molar-refractivity contribution in [3.8, 4) is 0 Å². The van der Waals surface area contributed by atoms with Crippen molar-refractivity contribution in [2.75, 3.05) is 40.5 Å². The zero-order chi connectivity index (χ0) is 13.2. The molecule has 0 aromatic rings. The van der Waals surface area contributed by atoms with Crippen molar-refractivity contribution in [3.63, 3.8) is 0 Å². The van der Waals surface area contributed by atoms with Crippen molar-refractivity contribution in [2.45, 2.75) is 32.3 Å². The molecule has 0 saturated heterocycles. The molecule has 1 unspecified atom stereocenters. The Morgan fingerprint density at radius 3 is 2.94 bits per heavy atom. The third-order valence-electron chi connectivity index (χ3n) is 3.22. The van der Waals surface area contributed by atoms with Gasteiger partial charge in [0.15, 0.2) is 0 Å². The van der Waals surface area contributed by atoms with Gasteiger partial charge in [-0.15, -0.1) is 0 Å². The van der Waals surface area contributed by atoms with E-state index in [1.54, 1.807) is 7.11 Å². The average Bonchev–Trinajstić information content (AvgIpc) is 2.36. The van der Waals surface area contributed by atoms with Crippen molar-refractivity contribution >= 4 is 0 Å². The summed E-state index contributed by atoms with van der Waals surface area (Å²) >= 11 is 0. The molecule has 1 heterocycles. The maximum atomic E-state index is 5.66. The first-order valence-corrected chi connectivity index (χ1v) is 6.83. The minimum Gasteiger partial charge on any atom is -0.377 e. The maximum absolute atomic E-state index is 5.66. The van der Waals surface area contributed by atoms with Crippen LogP contribution in [0.1, 0.15) is 26.2 Å². The van der Waals surface area contributed by atoms with Crippen LogP contribution >= 0.6 is 0 Å². The SMILES string of the molecule is COC1/C=C/CCN(C)CCOC/C(C)=C\CC1. The zero-order valence-corrected chi connectivity index (χ0v) is 12.0. The number of hydrogen-bond donors (Lipinski definition) is 0. The Balaban J connectivity index is 2.51. The summed E-state index contributed by atoms with van der Waals surface area (Å²) in [7, 11) is 3.92. The molecule has 18 heavy (non-hydrogen) atoms. The highest BCUT2D eigenvalue weighted by Gasteiger charge is 2.03. The lowest BCUT2D eigenvalue weighted by atomic mass is 10.1. The Kier molecular flexibility index (Phi) is 7.98. The predicted molar refractivity (Wildman–Crippen MR) is 75.9 cm³/mol. The molecule has 0 aromatic heterocycles. The lowest BCUT2D eigenvalue weighted by Gasteiger charge is -2.16. The van der Waals surface area contributed by atoms with Crippen LogP contribution in [-0.4, -0.2) is 51.5 Å². The third kappa shape index (κ3) is 6.94. The van der Waals surface area contributed by atoms with Crippen molar-refractivity contribution < 1.29 is 9.47 Å². The number of methoxy groups -OCH3 is 1. The van der Waals surface area contributed by atoms with E-state index in [9.17, 15) is 0 Å². The lowest BCUT2D eigenvalue weighted by Crippen LogP contribution is -2.24. The molecule has 0 aliphatic carbocycles. The Morgan fingerprint density at radius 1 is 1.33 bits per heavy atom. The first kappa shape index (κ1) is 15.4. The van der Waals surface area contributed by atoms with E-state index in [0.29, 0.717) is 0 Å². The molecule has 1 aliphatic rings. The van der Waals surface area contributed by atoms with Crippen molar-refractivity contribution in [3.05, 3.63) is 23.8 Å². The average molecular weight is 253 g/mol. The molecule has 1 rings (SSSR count). The highest BCUT2D eigenvalue weighted by molar-refractivity contribution is 4.99. The van der Waals surface area contributed by atoms with Crippen LogP contribution in [0, 0.1) is 0 Å². The summed E-state index contributed by atoms with van der Waals surface area (Å²) in [4.78, 5) is 2.30. The molecule has 1 aliphatic heterocycles. The normalized spacial score (nSPS) is 30.2. The van der Waals surface area contributed by atoms with E-state index in [1.165, 1.54) is 5.57 Å². The van der Waals surface area contributed by atoms with Crippen molar-refractivity contribution in [1.29, 1.82) is 0 Å². The Bertz CT molecular complexity index is 274. The minimum atomic E-state index is 0.239. The molecule has 0 N–H and O–H groups in total. The Hall–Kier alpha value is -0.640. The first-order valence-electron chi connectivity index (χ1n) is 6.83. The van der Waals surface area contributed by atoms with Gasteiger partial charge in [-0.1, -0.05) is 23.8 Å². The molecule has 0 spiro atoms. The number of ether oxygens (including phenoxy) is 2. The van der Waals surface area contributed by atoms with Gasteiger partial charge in [-0.05, 0) is 33.2 Å². The first-order chi connectivity index (χ1) is 8.72. The van der Waals surface area contributed by atoms with Crippen molar-refractivity contribution in [2.24, 2.45) is 0 Å². The van der Waals surface area contributed by atoms with Gasteiger partial charge >= 0.3 is 0 Å². The second-order valence-corrected chi connectivity index (χ2v) is 4.97. The quantitative estimate of drug-likeness (QED) is 0.671. The van der Waals surface area contributed by atoms with Gasteiger partial charge < -0.3 is 14.4 Å². The smallest absolute Gasteiger partial charge is 0.0755 e. The largest absolute Gasteiger partial charge is 0.377 e. The lowest BCUT2D eigenvalue weighted by molar-refractivity contribution is 0.126. The van der Waals surface area contributed by atoms with E-state index in [0.717, 1.165) is 45.6 Å². The van der Waals surface area contributed by atoms with Gasteiger partial charge in [0, 0.05) is 20.2 Å². The van der Waals surface area contributed by atoms with Crippen LogP contribution in [0.15, 0.2) is 23.8 Å². The van der Waals surface area contributed by atoms with Crippen LogP contribution in [0.5, 0.6) is 0 Å². The molecule has 3 nitrogen and oxygen atoms in total.